The molecule has 0 N–H and O–H groups in total. The highest BCUT2D eigenvalue weighted by Crippen LogP contribution is 2.30. The minimum atomic E-state index is -0.0192. The molecule has 1 fully saturated rings. The summed E-state index contributed by atoms with van der Waals surface area (Å²) in [6.45, 7) is 7.44. The third kappa shape index (κ3) is 3.38. The van der Waals surface area contributed by atoms with Gasteiger partial charge in [0.25, 0.3) is 5.91 Å². The van der Waals surface area contributed by atoms with Gasteiger partial charge in [0.15, 0.2) is 0 Å². The molecule has 5 nitrogen and oxygen atoms in total. The van der Waals surface area contributed by atoms with E-state index >= 15 is 0 Å². The summed E-state index contributed by atoms with van der Waals surface area (Å²) in [5.74, 6) is 0.00492. The minimum absolute atomic E-state index is 0.0192. The Kier molecular flexibility index (Phi) is 4.16. The van der Waals surface area contributed by atoms with Crippen molar-refractivity contribution in [3.8, 4) is 0 Å². The van der Waals surface area contributed by atoms with E-state index in [-0.39, 0.29) is 17.2 Å². The molecule has 0 aliphatic carbocycles. The lowest BCUT2D eigenvalue weighted by Gasteiger charge is -2.31. The van der Waals surface area contributed by atoms with Gasteiger partial charge in [0, 0.05) is 32.5 Å². The van der Waals surface area contributed by atoms with Crippen LogP contribution in [-0.2, 0) is 9.59 Å². The molecule has 2 aliphatic heterocycles. The van der Waals surface area contributed by atoms with E-state index in [4.69, 9.17) is 0 Å². The maximum absolute atomic E-state index is 12.6. The van der Waals surface area contributed by atoms with Gasteiger partial charge < -0.3 is 4.90 Å². The Morgan fingerprint density at radius 1 is 1.35 bits per heavy atom. The third-order valence-corrected chi connectivity index (χ3v) is 3.94. The van der Waals surface area contributed by atoms with Crippen LogP contribution >= 0.6 is 0 Å². The van der Waals surface area contributed by atoms with Gasteiger partial charge in [-0.25, -0.2) is 5.01 Å². The van der Waals surface area contributed by atoms with E-state index < -0.39 is 0 Å². The monoisotopic (exact) mass is 279 g/mol. The van der Waals surface area contributed by atoms with E-state index in [1.54, 1.807) is 7.05 Å². The number of likely N-dealkylation sites (tertiary alicyclic amines) is 1. The molecule has 1 saturated heterocycles. The van der Waals surface area contributed by atoms with Gasteiger partial charge in [0.05, 0.1) is 0 Å². The van der Waals surface area contributed by atoms with Gasteiger partial charge in [-0.05, 0) is 24.7 Å². The molecule has 2 amide bonds. The molecule has 20 heavy (non-hydrogen) atoms. The average molecular weight is 279 g/mol. The second kappa shape index (κ2) is 5.54. The second-order valence-corrected chi connectivity index (χ2v) is 7.02. The first kappa shape index (κ1) is 15.0. The molecule has 2 heterocycles. The zero-order valence-electron chi connectivity index (χ0n) is 13.0. The highest BCUT2D eigenvalue weighted by atomic mass is 16.2. The fraction of sp³-hybridized carbons (Fsp3) is 0.800. The summed E-state index contributed by atoms with van der Waals surface area (Å²) in [4.78, 5) is 26.0. The second-order valence-electron chi connectivity index (χ2n) is 7.02. The van der Waals surface area contributed by atoms with Gasteiger partial charge in [-0.1, -0.05) is 20.8 Å². The van der Waals surface area contributed by atoms with E-state index in [1.807, 2.05) is 4.90 Å². The first-order chi connectivity index (χ1) is 9.28. The molecule has 5 heteroatoms. The number of amides is 2. The molecule has 0 spiro atoms. The van der Waals surface area contributed by atoms with Crippen molar-refractivity contribution in [1.29, 1.82) is 0 Å². The smallest absolute Gasteiger partial charge is 0.270 e. The summed E-state index contributed by atoms with van der Waals surface area (Å²) < 4.78 is 0. The SMILES string of the molecule is CN1N=C(C(=O)N2CCC[C@@H]2CC(C)(C)C)CCC1=O. The number of nitrogens with zero attached hydrogens (tertiary/aromatic N) is 3. The van der Waals surface area contributed by atoms with E-state index in [2.05, 4.69) is 25.9 Å². The van der Waals surface area contributed by atoms with Crippen molar-refractivity contribution in [2.45, 2.75) is 58.9 Å². The topological polar surface area (TPSA) is 53.0 Å². The number of hydrogen-bond donors (Lipinski definition) is 0. The van der Waals surface area contributed by atoms with Gasteiger partial charge in [0.2, 0.25) is 5.91 Å². The van der Waals surface area contributed by atoms with Gasteiger partial charge in [-0.3, -0.25) is 9.59 Å². The van der Waals surface area contributed by atoms with Crippen molar-refractivity contribution in [3.63, 3.8) is 0 Å². The summed E-state index contributed by atoms with van der Waals surface area (Å²) in [5.41, 5.74) is 0.752. The highest BCUT2D eigenvalue weighted by Gasteiger charge is 2.35. The largest absolute Gasteiger partial charge is 0.335 e. The van der Waals surface area contributed by atoms with E-state index in [9.17, 15) is 9.59 Å². The first-order valence-corrected chi connectivity index (χ1v) is 7.43. The lowest BCUT2D eigenvalue weighted by Crippen LogP contribution is -2.44. The molecule has 0 radical (unpaired) electrons. The van der Waals surface area contributed by atoms with Gasteiger partial charge in [-0.15, -0.1) is 0 Å². The fourth-order valence-electron chi connectivity index (χ4n) is 3.01. The molecule has 2 rings (SSSR count). The van der Waals surface area contributed by atoms with Crippen LogP contribution in [0.4, 0.5) is 0 Å². The summed E-state index contributed by atoms with van der Waals surface area (Å²) in [7, 11) is 1.62. The van der Waals surface area contributed by atoms with Gasteiger partial charge >= 0.3 is 0 Å². The number of hydrogen-bond acceptors (Lipinski definition) is 3. The molecule has 0 aromatic carbocycles. The predicted octanol–water partition coefficient (Wildman–Crippen LogP) is 2.02. The standard InChI is InChI=1S/C15H25N3O2/c1-15(2,3)10-11-6-5-9-18(11)14(20)12-7-8-13(19)17(4)16-12/h11H,5-10H2,1-4H3/t11-/m1/s1. The molecular formula is C15H25N3O2. The Balaban J connectivity index is 2.08. The van der Waals surface area contributed by atoms with E-state index in [1.165, 1.54) is 5.01 Å². The molecule has 0 saturated carbocycles. The highest BCUT2D eigenvalue weighted by molar-refractivity contribution is 6.39. The van der Waals surface area contributed by atoms with Crippen molar-refractivity contribution in [1.82, 2.24) is 9.91 Å². The molecule has 0 aromatic heterocycles. The summed E-state index contributed by atoms with van der Waals surface area (Å²) in [6, 6.07) is 0.313. The van der Waals surface area contributed by atoms with Gasteiger partial charge in [0.1, 0.15) is 5.71 Å². The van der Waals surface area contributed by atoms with Crippen LogP contribution in [0.15, 0.2) is 5.10 Å². The molecule has 1 atom stereocenters. The van der Waals surface area contributed by atoms with Crippen molar-refractivity contribution < 1.29 is 9.59 Å². The molecule has 2 aliphatic rings. The van der Waals surface area contributed by atoms with Crippen LogP contribution in [-0.4, -0.2) is 47.1 Å². The quantitative estimate of drug-likeness (QED) is 0.776. The van der Waals surface area contributed by atoms with Crippen molar-refractivity contribution in [2.75, 3.05) is 13.6 Å². The average Bonchev–Trinajstić information content (AvgIpc) is 2.77. The molecule has 0 bridgehead atoms. The van der Waals surface area contributed by atoms with Crippen LogP contribution in [0.5, 0.6) is 0 Å². The third-order valence-electron chi connectivity index (χ3n) is 3.94. The number of hydrazone groups is 1. The van der Waals surface area contributed by atoms with Crippen LogP contribution in [0.1, 0.15) is 52.9 Å². The Labute approximate surface area is 121 Å². The summed E-state index contributed by atoms with van der Waals surface area (Å²) >= 11 is 0. The maximum Gasteiger partial charge on any atom is 0.270 e. The lowest BCUT2D eigenvalue weighted by molar-refractivity contribution is -0.130. The van der Waals surface area contributed by atoms with Crippen molar-refractivity contribution >= 4 is 17.5 Å². The Morgan fingerprint density at radius 2 is 2.05 bits per heavy atom. The van der Waals surface area contributed by atoms with Crippen LogP contribution < -0.4 is 0 Å². The van der Waals surface area contributed by atoms with Crippen LogP contribution in [0.2, 0.25) is 0 Å². The number of rotatable bonds is 2. The Morgan fingerprint density at radius 3 is 2.65 bits per heavy atom. The normalized spacial score (nSPS) is 24.1. The summed E-state index contributed by atoms with van der Waals surface area (Å²) in [5, 5.41) is 5.45. The van der Waals surface area contributed by atoms with Crippen molar-refractivity contribution in [3.05, 3.63) is 0 Å². The Bertz CT molecular complexity index is 437. The number of carbonyl (C=O) groups is 2. The Hall–Kier alpha value is -1.39. The number of carbonyl (C=O) groups excluding carboxylic acids is 2. The fourth-order valence-corrected chi connectivity index (χ4v) is 3.01. The zero-order valence-corrected chi connectivity index (χ0v) is 13.0. The van der Waals surface area contributed by atoms with Crippen LogP contribution in [0.25, 0.3) is 0 Å². The zero-order chi connectivity index (χ0) is 14.9. The van der Waals surface area contributed by atoms with Gasteiger partial charge in [-0.2, -0.15) is 5.10 Å². The lowest BCUT2D eigenvalue weighted by atomic mass is 9.87. The molecule has 112 valence electrons. The predicted molar refractivity (Wildman–Crippen MR) is 78.2 cm³/mol. The molecular weight excluding hydrogens is 254 g/mol. The minimum Gasteiger partial charge on any atom is -0.335 e. The summed E-state index contributed by atoms with van der Waals surface area (Å²) in [6.07, 6.45) is 4.01. The molecule has 0 aromatic rings. The van der Waals surface area contributed by atoms with Crippen molar-refractivity contribution in [2.24, 2.45) is 10.5 Å². The first-order valence-electron chi connectivity index (χ1n) is 7.43. The van der Waals surface area contributed by atoms with Crippen LogP contribution in [0, 0.1) is 5.41 Å². The van der Waals surface area contributed by atoms with E-state index in [0.717, 1.165) is 25.8 Å². The van der Waals surface area contributed by atoms with Crippen LogP contribution in [0.3, 0.4) is 0 Å². The molecule has 0 unspecified atom stereocenters. The maximum atomic E-state index is 12.6. The van der Waals surface area contributed by atoms with E-state index in [0.29, 0.717) is 24.6 Å².